The number of piperidine rings is 1. The molecule has 1 aromatic rings. The number of carbonyl (C=O) groups is 1. The Hall–Kier alpha value is -0.870. The van der Waals surface area contributed by atoms with Crippen LogP contribution in [0.15, 0.2) is 28.7 Å². The van der Waals surface area contributed by atoms with E-state index in [0.717, 1.165) is 23.9 Å². The third-order valence-corrected chi connectivity index (χ3v) is 4.60. The number of nitrogens with zero attached hydrogens (tertiary/aromatic N) is 1. The summed E-state index contributed by atoms with van der Waals surface area (Å²) in [4.78, 5) is 13.5. The van der Waals surface area contributed by atoms with Crippen LogP contribution in [-0.4, -0.2) is 28.6 Å². The van der Waals surface area contributed by atoms with Gasteiger partial charge in [-0.3, -0.25) is 9.69 Å². The van der Waals surface area contributed by atoms with Gasteiger partial charge in [0.15, 0.2) is 0 Å². The summed E-state index contributed by atoms with van der Waals surface area (Å²) < 4.78 is 1.09. The second-order valence-corrected chi connectivity index (χ2v) is 6.29. The Balaban J connectivity index is 2.08. The summed E-state index contributed by atoms with van der Waals surface area (Å²) in [6.07, 6.45) is 1.49. The summed E-state index contributed by atoms with van der Waals surface area (Å²) in [7, 11) is 0. The predicted molar refractivity (Wildman–Crippen MR) is 79.1 cm³/mol. The van der Waals surface area contributed by atoms with E-state index in [2.05, 4.69) is 46.8 Å². The first-order valence-electron chi connectivity index (χ1n) is 6.73. The number of aliphatic carboxylic acids is 1. The summed E-state index contributed by atoms with van der Waals surface area (Å²) in [6.45, 7) is 5.18. The van der Waals surface area contributed by atoms with E-state index >= 15 is 0 Å². The number of hydrogen-bond acceptors (Lipinski definition) is 2. The highest BCUT2D eigenvalue weighted by atomic mass is 79.9. The van der Waals surface area contributed by atoms with Gasteiger partial charge in [-0.2, -0.15) is 0 Å². The predicted octanol–water partition coefficient (Wildman–Crippen LogP) is 3.70. The molecule has 3 nitrogen and oxygen atoms in total. The number of halogens is 1. The first kappa shape index (κ1) is 14.5. The molecule has 0 radical (unpaired) electrons. The Labute approximate surface area is 122 Å². The summed E-state index contributed by atoms with van der Waals surface area (Å²) in [5.41, 5.74) is 1.27. The molecule has 19 heavy (non-hydrogen) atoms. The van der Waals surface area contributed by atoms with Gasteiger partial charge >= 0.3 is 5.97 Å². The molecule has 1 fully saturated rings. The lowest BCUT2D eigenvalue weighted by Crippen LogP contribution is -2.43. The Morgan fingerprint density at radius 3 is 2.84 bits per heavy atom. The number of hydrogen-bond donors (Lipinski definition) is 1. The lowest BCUT2D eigenvalue weighted by Gasteiger charge is -2.40. The van der Waals surface area contributed by atoms with Crippen LogP contribution in [-0.2, 0) is 4.79 Å². The molecule has 1 aromatic carbocycles. The lowest BCUT2D eigenvalue weighted by molar-refractivity contribution is -0.144. The van der Waals surface area contributed by atoms with Crippen molar-refractivity contribution in [1.82, 2.24) is 4.90 Å². The zero-order valence-corrected chi connectivity index (χ0v) is 12.9. The smallest absolute Gasteiger partial charge is 0.306 e. The molecule has 4 heteroatoms. The maximum absolute atomic E-state index is 11.1. The number of carboxylic acid groups (broad SMARTS) is 1. The van der Waals surface area contributed by atoms with Crippen LogP contribution in [0.4, 0.5) is 0 Å². The van der Waals surface area contributed by atoms with Crippen molar-refractivity contribution >= 4 is 21.9 Å². The molecule has 1 heterocycles. The Kier molecular flexibility index (Phi) is 4.63. The summed E-state index contributed by atoms with van der Waals surface area (Å²) >= 11 is 3.50. The number of rotatable bonds is 3. The van der Waals surface area contributed by atoms with Crippen LogP contribution < -0.4 is 0 Å². The van der Waals surface area contributed by atoms with E-state index in [9.17, 15) is 4.79 Å². The van der Waals surface area contributed by atoms with Gasteiger partial charge in [0.2, 0.25) is 0 Å². The molecule has 1 N–H and O–H groups in total. The molecule has 2 rings (SSSR count). The molecule has 0 saturated carbocycles. The van der Waals surface area contributed by atoms with Crippen LogP contribution in [0.1, 0.15) is 38.3 Å². The van der Waals surface area contributed by atoms with Crippen LogP contribution in [0.25, 0.3) is 0 Å². The van der Waals surface area contributed by atoms with Crippen molar-refractivity contribution in [1.29, 1.82) is 0 Å². The van der Waals surface area contributed by atoms with E-state index in [-0.39, 0.29) is 5.92 Å². The standard InChI is InChI=1S/C15H20BrNO2/c1-10-8-13(15(18)19)6-7-17(10)11(2)12-4-3-5-14(16)9-12/h3-5,9-11,13H,6-8H2,1-2H3,(H,18,19). The molecule has 1 aliphatic heterocycles. The molecule has 3 atom stereocenters. The Morgan fingerprint density at radius 2 is 2.26 bits per heavy atom. The van der Waals surface area contributed by atoms with Gasteiger partial charge in [-0.25, -0.2) is 0 Å². The van der Waals surface area contributed by atoms with Crippen LogP contribution in [0.2, 0.25) is 0 Å². The SMILES string of the molecule is CC1CC(C(=O)O)CCN1C(C)c1cccc(Br)c1. The van der Waals surface area contributed by atoms with E-state index in [1.807, 2.05) is 12.1 Å². The first-order chi connectivity index (χ1) is 8.99. The molecular weight excluding hydrogens is 306 g/mol. The van der Waals surface area contributed by atoms with Crippen molar-refractivity contribution in [3.63, 3.8) is 0 Å². The minimum atomic E-state index is -0.651. The van der Waals surface area contributed by atoms with Crippen molar-refractivity contribution < 1.29 is 9.90 Å². The number of benzene rings is 1. The molecule has 0 spiro atoms. The zero-order chi connectivity index (χ0) is 14.0. The summed E-state index contributed by atoms with van der Waals surface area (Å²) in [6, 6.07) is 8.97. The fourth-order valence-electron chi connectivity index (χ4n) is 2.95. The van der Waals surface area contributed by atoms with Gasteiger partial charge in [0.1, 0.15) is 0 Å². The second kappa shape index (κ2) is 6.06. The summed E-state index contributed by atoms with van der Waals surface area (Å²) in [5.74, 6) is -0.831. The van der Waals surface area contributed by atoms with Crippen LogP contribution in [0, 0.1) is 5.92 Å². The van der Waals surface area contributed by atoms with Gasteiger partial charge in [-0.15, -0.1) is 0 Å². The molecular formula is C15H20BrNO2. The Morgan fingerprint density at radius 1 is 1.53 bits per heavy atom. The highest BCUT2D eigenvalue weighted by Crippen LogP contribution is 2.31. The molecule has 0 amide bonds. The molecule has 3 unspecified atom stereocenters. The fourth-order valence-corrected chi connectivity index (χ4v) is 3.36. The lowest BCUT2D eigenvalue weighted by atomic mass is 9.90. The van der Waals surface area contributed by atoms with E-state index in [4.69, 9.17) is 5.11 Å². The van der Waals surface area contributed by atoms with Gasteiger partial charge in [0.25, 0.3) is 0 Å². The van der Waals surface area contributed by atoms with Crippen LogP contribution in [0.3, 0.4) is 0 Å². The van der Waals surface area contributed by atoms with Crippen molar-refractivity contribution in [3.05, 3.63) is 34.3 Å². The van der Waals surface area contributed by atoms with Gasteiger partial charge in [0.05, 0.1) is 5.92 Å². The van der Waals surface area contributed by atoms with Crippen molar-refractivity contribution in [3.8, 4) is 0 Å². The number of likely N-dealkylation sites (tertiary alicyclic amines) is 1. The third kappa shape index (κ3) is 3.37. The Bertz CT molecular complexity index is 463. The van der Waals surface area contributed by atoms with Crippen LogP contribution in [0.5, 0.6) is 0 Å². The molecule has 104 valence electrons. The monoisotopic (exact) mass is 325 g/mol. The van der Waals surface area contributed by atoms with Crippen molar-refractivity contribution in [2.24, 2.45) is 5.92 Å². The maximum Gasteiger partial charge on any atom is 0.306 e. The average Bonchev–Trinajstić information content (AvgIpc) is 2.37. The normalized spacial score (nSPS) is 26.1. The van der Waals surface area contributed by atoms with E-state index < -0.39 is 5.97 Å². The van der Waals surface area contributed by atoms with Crippen molar-refractivity contribution in [2.75, 3.05) is 6.54 Å². The summed E-state index contributed by atoms with van der Waals surface area (Å²) in [5, 5.41) is 9.11. The minimum absolute atomic E-state index is 0.180. The molecule has 1 saturated heterocycles. The first-order valence-corrected chi connectivity index (χ1v) is 7.52. The highest BCUT2D eigenvalue weighted by Gasteiger charge is 2.32. The van der Waals surface area contributed by atoms with E-state index in [1.165, 1.54) is 5.56 Å². The number of carboxylic acids is 1. The largest absolute Gasteiger partial charge is 0.481 e. The van der Waals surface area contributed by atoms with Crippen LogP contribution >= 0.6 is 15.9 Å². The van der Waals surface area contributed by atoms with Gasteiger partial charge in [0, 0.05) is 16.6 Å². The van der Waals surface area contributed by atoms with E-state index in [1.54, 1.807) is 0 Å². The fraction of sp³-hybridized carbons (Fsp3) is 0.533. The van der Waals surface area contributed by atoms with Gasteiger partial charge < -0.3 is 5.11 Å². The van der Waals surface area contributed by atoms with E-state index in [0.29, 0.717) is 12.1 Å². The van der Waals surface area contributed by atoms with Gasteiger partial charge in [-0.05, 0) is 50.9 Å². The second-order valence-electron chi connectivity index (χ2n) is 5.38. The maximum atomic E-state index is 11.1. The average molecular weight is 326 g/mol. The molecule has 0 aromatic heterocycles. The molecule has 1 aliphatic rings. The minimum Gasteiger partial charge on any atom is -0.481 e. The molecule has 0 aliphatic carbocycles. The van der Waals surface area contributed by atoms with Gasteiger partial charge in [-0.1, -0.05) is 28.1 Å². The van der Waals surface area contributed by atoms with Crippen molar-refractivity contribution in [2.45, 2.75) is 38.8 Å². The zero-order valence-electron chi connectivity index (χ0n) is 11.3. The highest BCUT2D eigenvalue weighted by molar-refractivity contribution is 9.10. The topological polar surface area (TPSA) is 40.5 Å². The quantitative estimate of drug-likeness (QED) is 0.921. The third-order valence-electron chi connectivity index (χ3n) is 4.11. The molecule has 0 bridgehead atoms.